The molecule has 10 rings (SSSR count). The van der Waals surface area contributed by atoms with Crippen LogP contribution in [-0.4, -0.2) is 4.57 Å². The molecule has 0 amide bonds. The Balaban J connectivity index is 1.36. The lowest BCUT2D eigenvalue weighted by molar-refractivity contribution is 0.593. The van der Waals surface area contributed by atoms with E-state index in [1.54, 1.807) is 0 Å². The van der Waals surface area contributed by atoms with E-state index in [0.29, 0.717) is 0 Å². The molecule has 0 radical (unpaired) electrons. The van der Waals surface area contributed by atoms with Crippen LogP contribution >= 0.6 is 0 Å². The molecule has 1 aliphatic carbocycles. The quantitative estimate of drug-likeness (QED) is 0.185. The number of hydrogen-bond donors (Lipinski definition) is 0. The Labute approximate surface area is 269 Å². The van der Waals surface area contributed by atoms with Crippen molar-refractivity contribution in [3.05, 3.63) is 149 Å². The minimum Gasteiger partial charge on any atom is -0.310 e. The van der Waals surface area contributed by atoms with Crippen LogP contribution in [-0.2, 0) is 10.8 Å². The summed E-state index contributed by atoms with van der Waals surface area (Å²) < 4.78 is 2.62. The number of fused-ring (bicyclic) bond motifs is 4. The molecule has 2 aliphatic heterocycles. The van der Waals surface area contributed by atoms with Crippen LogP contribution in [0.5, 0.6) is 0 Å². The lowest BCUT2D eigenvalue weighted by Crippen LogP contribution is -2.33. The van der Waals surface area contributed by atoms with Crippen molar-refractivity contribution in [1.29, 1.82) is 0 Å². The molecule has 2 heteroatoms. The van der Waals surface area contributed by atoms with Crippen LogP contribution in [0, 0.1) is 0 Å². The number of nitrogens with zero attached hydrogens (tertiary/aromatic N) is 2. The van der Waals surface area contributed by atoms with Gasteiger partial charge in [-0.2, -0.15) is 0 Å². The first-order valence-electron chi connectivity index (χ1n) is 16.7. The van der Waals surface area contributed by atoms with Crippen molar-refractivity contribution < 1.29 is 0 Å². The predicted molar refractivity (Wildman–Crippen MR) is 195 cm³/mol. The standard InChI is InChI=1S/C44H36N2/c1-43(2)35-21-12-20-33-34-25-29(26-38-41(34)46(40(33)35)42-36(43)22-13-23-37(42)44(38,3)4)45(28-15-6-5-7-16-28)39-24-27-14-8-9-17-30(27)31-18-10-11-19-32(31)39/h6,8-26H,5,7H2,1-4H3. The van der Waals surface area contributed by atoms with E-state index in [4.69, 9.17) is 0 Å². The van der Waals surface area contributed by atoms with Gasteiger partial charge in [0.1, 0.15) is 0 Å². The maximum atomic E-state index is 2.62. The van der Waals surface area contributed by atoms with Crippen molar-refractivity contribution in [3.8, 4) is 5.69 Å². The van der Waals surface area contributed by atoms with E-state index < -0.39 is 0 Å². The normalized spacial score (nSPS) is 16.9. The lowest BCUT2D eigenvalue weighted by Gasteiger charge is -2.42. The van der Waals surface area contributed by atoms with Gasteiger partial charge in [-0.15, -0.1) is 0 Å². The molecular weight excluding hydrogens is 556 g/mol. The summed E-state index contributed by atoms with van der Waals surface area (Å²) in [5.41, 5.74) is 13.2. The SMILES string of the molecule is CC1(C)c2cccc3c2-n2c4c1cccc4c1cc(N(C4=CCCC=C4)c4cc5ccccc5c5ccccc45)cc(c12)C3(C)C. The van der Waals surface area contributed by atoms with Gasteiger partial charge >= 0.3 is 0 Å². The Hall–Kier alpha value is -5.08. The van der Waals surface area contributed by atoms with Crippen LogP contribution in [0.2, 0.25) is 0 Å². The zero-order valence-corrected chi connectivity index (χ0v) is 26.9. The molecule has 46 heavy (non-hydrogen) atoms. The number of hydrogen-bond acceptors (Lipinski definition) is 1. The minimum atomic E-state index is -0.175. The fraction of sp³-hybridized carbons (Fsp3) is 0.182. The zero-order valence-electron chi connectivity index (χ0n) is 26.9. The molecular formula is C44H36N2. The third-order valence-corrected chi connectivity index (χ3v) is 11.3. The second kappa shape index (κ2) is 8.79. The molecule has 0 saturated heterocycles. The molecule has 0 saturated carbocycles. The second-order valence-electron chi connectivity index (χ2n) is 14.5. The van der Waals surface area contributed by atoms with Gasteiger partial charge in [0.15, 0.2) is 0 Å². The Kier molecular flexibility index (Phi) is 5.00. The van der Waals surface area contributed by atoms with Gasteiger partial charge in [-0.3, -0.25) is 0 Å². The minimum absolute atomic E-state index is 0.0839. The summed E-state index contributed by atoms with van der Waals surface area (Å²) in [7, 11) is 0. The summed E-state index contributed by atoms with van der Waals surface area (Å²) in [4.78, 5) is 2.54. The van der Waals surface area contributed by atoms with Crippen molar-refractivity contribution in [3.63, 3.8) is 0 Å². The van der Waals surface area contributed by atoms with E-state index in [0.717, 1.165) is 12.8 Å². The number of allylic oxidation sites excluding steroid dienone is 3. The average molecular weight is 593 g/mol. The van der Waals surface area contributed by atoms with Gasteiger partial charge in [-0.1, -0.05) is 125 Å². The maximum Gasteiger partial charge on any atom is 0.0583 e. The maximum absolute atomic E-state index is 2.62. The molecule has 2 nitrogen and oxygen atoms in total. The number of para-hydroxylation sites is 2. The average Bonchev–Trinajstić information content (AvgIpc) is 3.42. The second-order valence-corrected chi connectivity index (χ2v) is 14.5. The summed E-state index contributed by atoms with van der Waals surface area (Å²) in [6.45, 7) is 9.67. The lowest BCUT2D eigenvalue weighted by atomic mass is 9.68. The molecule has 0 spiro atoms. The van der Waals surface area contributed by atoms with Gasteiger partial charge in [0, 0.05) is 38.4 Å². The molecule has 0 unspecified atom stereocenters. The summed E-state index contributed by atoms with van der Waals surface area (Å²) in [6, 6.07) is 39.1. The Bertz CT molecular complexity index is 2530. The van der Waals surface area contributed by atoms with Gasteiger partial charge in [0.2, 0.25) is 0 Å². The number of anilines is 2. The first-order valence-corrected chi connectivity index (χ1v) is 16.7. The number of rotatable bonds is 3. The number of benzene rings is 6. The van der Waals surface area contributed by atoms with Crippen molar-refractivity contribution in [2.45, 2.75) is 51.4 Å². The molecule has 0 fully saturated rings. The monoisotopic (exact) mass is 592 g/mol. The first-order chi connectivity index (χ1) is 22.4. The van der Waals surface area contributed by atoms with Crippen molar-refractivity contribution in [2.24, 2.45) is 0 Å². The van der Waals surface area contributed by atoms with Crippen molar-refractivity contribution in [1.82, 2.24) is 4.57 Å². The largest absolute Gasteiger partial charge is 0.310 e. The van der Waals surface area contributed by atoms with Crippen molar-refractivity contribution >= 4 is 54.7 Å². The van der Waals surface area contributed by atoms with Crippen LogP contribution in [0.1, 0.15) is 62.8 Å². The molecule has 3 aliphatic rings. The highest BCUT2D eigenvalue weighted by molar-refractivity contribution is 6.17. The highest BCUT2D eigenvalue weighted by Gasteiger charge is 2.43. The van der Waals surface area contributed by atoms with E-state index in [2.05, 4.69) is 159 Å². The number of aromatic nitrogens is 1. The van der Waals surface area contributed by atoms with Crippen LogP contribution in [0.25, 0.3) is 49.0 Å². The molecule has 1 aromatic heterocycles. The Morgan fingerprint density at radius 3 is 2.00 bits per heavy atom. The van der Waals surface area contributed by atoms with Crippen LogP contribution in [0.15, 0.2) is 127 Å². The van der Waals surface area contributed by atoms with Crippen LogP contribution < -0.4 is 4.90 Å². The molecule has 222 valence electrons. The van der Waals surface area contributed by atoms with Gasteiger partial charge in [-0.25, -0.2) is 0 Å². The van der Waals surface area contributed by atoms with Gasteiger partial charge in [0.05, 0.1) is 22.4 Å². The van der Waals surface area contributed by atoms with E-state index in [-0.39, 0.29) is 10.8 Å². The fourth-order valence-corrected chi connectivity index (χ4v) is 9.01. The van der Waals surface area contributed by atoms with Crippen LogP contribution in [0.4, 0.5) is 11.4 Å². The molecule has 0 bridgehead atoms. The molecule has 0 atom stereocenters. The van der Waals surface area contributed by atoms with Crippen LogP contribution in [0.3, 0.4) is 0 Å². The Morgan fingerprint density at radius 2 is 1.22 bits per heavy atom. The first kappa shape index (κ1) is 26.2. The third kappa shape index (κ3) is 3.17. The summed E-state index contributed by atoms with van der Waals surface area (Å²) in [5, 5.41) is 7.81. The Morgan fingerprint density at radius 1 is 0.565 bits per heavy atom. The van der Waals surface area contributed by atoms with E-state index >= 15 is 0 Å². The molecule has 7 aromatic rings. The summed E-state index contributed by atoms with van der Waals surface area (Å²) >= 11 is 0. The van der Waals surface area contributed by atoms with Gasteiger partial charge in [-0.05, 0) is 75.5 Å². The van der Waals surface area contributed by atoms with Gasteiger partial charge < -0.3 is 9.47 Å². The topological polar surface area (TPSA) is 8.17 Å². The van der Waals surface area contributed by atoms with E-state index in [1.165, 1.54) is 88.4 Å². The smallest absolute Gasteiger partial charge is 0.0583 e. The molecule has 0 N–H and O–H groups in total. The summed E-state index contributed by atoms with van der Waals surface area (Å²) in [5.74, 6) is 0. The summed E-state index contributed by atoms with van der Waals surface area (Å²) in [6.07, 6.45) is 9.21. The van der Waals surface area contributed by atoms with Crippen molar-refractivity contribution in [2.75, 3.05) is 4.90 Å². The van der Waals surface area contributed by atoms with E-state index in [9.17, 15) is 0 Å². The third-order valence-electron chi connectivity index (χ3n) is 11.3. The van der Waals surface area contributed by atoms with E-state index in [1.807, 2.05) is 0 Å². The highest BCUT2D eigenvalue weighted by Crippen LogP contribution is 2.56. The molecule has 3 heterocycles. The fourth-order valence-electron chi connectivity index (χ4n) is 9.01. The predicted octanol–water partition coefficient (Wildman–Crippen LogP) is 11.7. The van der Waals surface area contributed by atoms with Gasteiger partial charge in [0.25, 0.3) is 0 Å². The highest BCUT2D eigenvalue weighted by atomic mass is 15.2. The molecule has 6 aromatic carbocycles. The zero-order chi connectivity index (χ0) is 30.9.